The van der Waals surface area contributed by atoms with Gasteiger partial charge in [-0.1, -0.05) is 0 Å². The van der Waals surface area contributed by atoms with Crippen LogP contribution in [0.15, 0.2) is 23.4 Å². The molecule has 0 aromatic carbocycles. The summed E-state index contributed by atoms with van der Waals surface area (Å²) in [6.07, 6.45) is 2.92. The first-order valence-electron chi connectivity index (χ1n) is 2.12. The average molecular weight is 127 g/mol. The third kappa shape index (κ3) is 1.13. The maximum atomic E-state index is 8.70. The van der Waals surface area contributed by atoms with Gasteiger partial charge in [-0.3, -0.25) is 4.98 Å². The van der Waals surface area contributed by atoms with Crippen molar-refractivity contribution in [3.63, 3.8) is 0 Å². The van der Waals surface area contributed by atoms with Gasteiger partial charge in [0.2, 0.25) is 0 Å². The third-order valence-corrected chi connectivity index (χ3v) is 0.954. The fourth-order valence-corrected chi connectivity index (χ4v) is 0.615. The van der Waals surface area contributed by atoms with Crippen LogP contribution in [0.1, 0.15) is 0 Å². The molecule has 0 bridgehead atoms. The smallest absolute Gasteiger partial charge is 0.134 e. The Kier molecular flexibility index (Phi) is 1.39. The van der Waals surface area contributed by atoms with Crippen molar-refractivity contribution < 1.29 is 5.11 Å². The molecule has 0 fully saturated rings. The van der Waals surface area contributed by atoms with E-state index in [2.05, 4.69) is 17.6 Å². The molecule has 0 radical (unpaired) electrons. The van der Waals surface area contributed by atoms with Crippen LogP contribution in [0.3, 0.4) is 0 Å². The summed E-state index contributed by atoms with van der Waals surface area (Å²) in [5, 5.41) is 8.70. The Morgan fingerprint density at radius 2 is 2.25 bits per heavy atom. The second-order valence-corrected chi connectivity index (χ2v) is 1.92. The average Bonchev–Trinajstić information content (AvgIpc) is 1.64. The number of hydrogen-bond donors (Lipinski definition) is 2. The second-order valence-electron chi connectivity index (χ2n) is 1.40. The highest BCUT2D eigenvalue weighted by atomic mass is 32.1. The second kappa shape index (κ2) is 2.05. The van der Waals surface area contributed by atoms with Gasteiger partial charge >= 0.3 is 0 Å². The summed E-state index contributed by atoms with van der Waals surface area (Å²) < 4.78 is 0. The molecule has 1 N–H and O–H groups in total. The van der Waals surface area contributed by atoms with Gasteiger partial charge in [-0.15, -0.1) is 12.6 Å². The molecule has 42 valence electrons. The molecule has 3 heteroatoms. The summed E-state index contributed by atoms with van der Waals surface area (Å²) in [5.74, 6) is 0.150. The standard InChI is InChI=1S/C5H5NOS/c7-4-1-5(8)3-6-2-4/h1-3,7-8H. The van der Waals surface area contributed by atoms with Gasteiger partial charge in [0.15, 0.2) is 0 Å². The highest BCUT2D eigenvalue weighted by Gasteiger charge is 1.85. The van der Waals surface area contributed by atoms with Crippen LogP contribution in [0.25, 0.3) is 0 Å². The zero-order valence-corrected chi connectivity index (χ0v) is 4.97. The van der Waals surface area contributed by atoms with Gasteiger partial charge in [-0.25, -0.2) is 0 Å². The molecule has 0 saturated carbocycles. The lowest BCUT2D eigenvalue weighted by atomic mass is 10.5. The third-order valence-electron chi connectivity index (χ3n) is 0.709. The normalized spacial score (nSPS) is 9.12. The van der Waals surface area contributed by atoms with Crippen molar-refractivity contribution in [2.24, 2.45) is 0 Å². The minimum atomic E-state index is 0.150. The molecule has 8 heavy (non-hydrogen) atoms. The highest BCUT2D eigenvalue weighted by Crippen LogP contribution is 2.10. The van der Waals surface area contributed by atoms with Crippen LogP contribution < -0.4 is 0 Å². The van der Waals surface area contributed by atoms with E-state index in [1.165, 1.54) is 12.3 Å². The number of pyridine rings is 1. The van der Waals surface area contributed by atoms with Crippen molar-refractivity contribution in [3.05, 3.63) is 18.5 Å². The van der Waals surface area contributed by atoms with Crippen molar-refractivity contribution in [1.82, 2.24) is 4.98 Å². The van der Waals surface area contributed by atoms with E-state index in [-0.39, 0.29) is 5.75 Å². The van der Waals surface area contributed by atoms with Crippen LogP contribution in [0.4, 0.5) is 0 Å². The topological polar surface area (TPSA) is 33.1 Å². The minimum Gasteiger partial charge on any atom is -0.506 e. The van der Waals surface area contributed by atoms with Crippen molar-refractivity contribution in [2.75, 3.05) is 0 Å². The molecule has 1 aromatic rings. The Morgan fingerprint density at radius 1 is 1.50 bits per heavy atom. The SMILES string of the molecule is Oc1cncc(S)c1. The summed E-state index contributed by atoms with van der Waals surface area (Å²) in [6.45, 7) is 0. The summed E-state index contributed by atoms with van der Waals surface area (Å²) in [6, 6.07) is 1.52. The van der Waals surface area contributed by atoms with E-state index >= 15 is 0 Å². The van der Waals surface area contributed by atoms with Gasteiger partial charge in [0, 0.05) is 11.1 Å². The number of aromatic hydroxyl groups is 1. The largest absolute Gasteiger partial charge is 0.506 e. The van der Waals surface area contributed by atoms with Crippen molar-refractivity contribution in [3.8, 4) is 5.75 Å². The molecule has 0 spiro atoms. The Labute approximate surface area is 52.6 Å². The lowest BCUT2D eigenvalue weighted by Gasteiger charge is -1.88. The van der Waals surface area contributed by atoms with Crippen LogP contribution >= 0.6 is 12.6 Å². The summed E-state index contributed by atoms with van der Waals surface area (Å²) in [5.41, 5.74) is 0. The molecule has 0 aliphatic heterocycles. The van der Waals surface area contributed by atoms with Crippen LogP contribution in [0, 0.1) is 0 Å². The van der Waals surface area contributed by atoms with Gasteiger partial charge < -0.3 is 5.11 Å². The molecule has 1 rings (SSSR count). The molecule has 2 nitrogen and oxygen atoms in total. The molecule has 0 atom stereocenters. The molecular formula is C5H5NOS. The van der Waals surface area contributed by atoms with E-state index in [0.29, 0.717) is 4.90 Å². The molecule has 0 unspecified atom stereocenters. The lowest BCUT2D eigenvalue weighted by molar-refractivity contribution is 0.471. The Bertz CT molecular complexity index is 172. The van der Waals surface area contributed by atoms with Crippen molar-refractivity contribution in [1.29, 1.82) is 0 Å². The first kappa shape index (κ1) is 5.44. The monoisotopic (exact) mass is 127 g/mol. The predicted molar refractivity (Wildman–Crippen MR) is 33.2 cm³/mol. The van der Waals surface area contributed by atoms with Crippen molar-refractivity contribution in [2.45, 2.75) is 4.90 Å². The van der Waals surface area contributed by atoms with Crippen molar-refractivity contribution >= 4 is 12.6 Å². The van der Waals surface area contributed by atoms with Gasteiger partial charge in [0.1, 0.15) is 5.75 Å². The molecule has 0 amide bonds. The number of rotatable bonds is 0. The van der Waals surface area contributed by atoms with E-state index < -0.39 is 0 Å². The summed E-state index contributed by atoms with van der Waals surface area (Å²) in [4.78, 5) is 4.33. The maximum Gasteiger partial charge on any atom is 0.134 e. The number of nitrogens with zero attached hydrogens (tertiary/aromatic N) is 1. The first-order valence-corrected chi connectivity index (χ1v) is 2.57. The highest BCUT2D eigenvalue weighted by molar-refractivity contribution is 7.80. The van der Waals surface area contributed by atoms with Gasteiger partial charge in [0.25, 0.3) is 0 Å². The van der Waals surface area contributed by atoms with E-state index in [9.17, 15) is 0 Å². The molecular weight excluding hydrogens is 122 g/mol. The van der Waals surface area contributed by atoms with Gasteiger partial charge in [-0.2, -0.15) is 0 Å². The molecule has 0 aliphatic rings. The van der Waals surface area contributed by atoms with E-state index in [1.807, 2.05) is 0 Å². The summed E-state index contributed by atoms with van der Waals surface area (Å²) >= 11 is 3.93. The number of hydrogen-bond acceptors (Lipinski definition) is 3. The fraction of sp³-hybridized carbons (Fsp3) is 0. The van der Waals surface area contributed by atoms with Gasteiger partial charge in [0.05, 0.1) is 6.20 Å². The van der Waals surface area contributed by atoms with Gasteiger partial charge in [-0.05, 0) is 6.07 Å². The quantitative estimate of drug-likeness (QED) is 0.511. The van der Waals surface area contributed by atoms with E-state index in [0.717, 1.165) is 0 Å². The first-order chi connectivity index (χ1) is 3.79. The van der Waals surface area contributed by atoms with E-state index in [1.54, 1.807) is 6.20 Å². The molecule has 0 saturated heterocycles. The summed E-state index contributed by atoms with van der Waals surface area (Å²) in [7, 11) is 0. The predicted octanol–water partition coefficient (Wildman–Crippen LogP) is 1.08. The fourth-order valence-electron chi connectivity index (χ4n) is 0.416. The van der Waals surface area contributed by atoms with Crippen LogP contribution in [0.5, 0.6) is 5.75 Å². The zero-order valence-electron chi connectivity index (χ0n) is 4.07. The lowest BCUT2D eigenvalue weighted by Crippen LogP contribution is -1.69. The Hall–Kier alpha value is -0.700. The minimum absolute atomic E-state index is 0.150. The van der Waals surface area contributed by atoms with Crippen LogP contribution in [-0.4, -0.2) is 10.1 Å². The van der Waals surface area contributed by atoms with Crippen LogP contribution in [0.2, 0.25) is 0 Å². The van der Waals surface area contributed by atoms with E-state index in [4.69, 9.17) is 5.11 Å². The molecule has 1 aromatic heterocycles. The molecule has 0 aliphatic carbocycles. The molecule has 1 heterocycles. The number of thiol groups is 1. The number of aromatic nitrogens is 1. The Morgan fingerprint density at radius 3 is 2.62 bits per heavy atom. The zero-order chi connectivity index (χ0) is 5.98. The maximum absolute atomic E-state index is 8.70. The Balaban J connectivity index is 3.08. The van der Waals surface area contributed by atoms with Crippen LogP contribution in [-0.2, 0) is 0 Å².